The lowest BCUT2D eigenvalue weighted by molar-refractivity contribution is -0.384. The number of rotatable bonds is 6. The lowest BCUT2D eigenvalue weighted by Crippen LogP contribution is -2.35. The molecule has 1 aromatic carbocycles. The number of nitro benzene ring substituents is 1. The van der Waals surface area contributed by atoms with Gasteiger partial charge < -0.3 is 0 Å². The quantitative estimate of drug-likeness (QED) is 0.458. The minimum atomic E-state index is -4.93. The van der Waals surface area contributed by atoms with Crippen molar-refractivity contribution < 1.29 is 30.7 Å². The van der Waals surface area contributed by atoms with Gasteiger partial charge in [0.1, 0.15) is 0 Å². The zero-order chi connectivity index (χ0) is 15.6. The lowest BCUT2D eigenvalue weighted by atomic mass is 10.3. The normalized spacial score (nSPS) is 14.0. The van der Waals surface area contributed by atoms with E-state index in [-0.39, 0.29) is 0 Å². The maximum atomic E-state index is 13.1. The Morgan fingerprint density at radius 1 is 1.35 bits per heavy atom. The average molecular weight is 313 g/mol. The van der Waals surface area contributed by atoms with Gasteiger partial charge in [0.15, 0.2) is 6.17 Å². The van der Waals surface area contributed by atoms with Crippen LogP contribution in [0.3, 0.4) is 0 Å². The maximum Gasteiger partial charge on any atom is 0.400 e. The third kappa shape index (κ3) is 3.67. The van der Waals surface area contributed by atoms with Crippen LogP contribution in [0.2, 0.25) is 0 Å². The molecule has 1 rings (SSSR count). The number of non-ortho nitro benzene ring substituents is 1. The SMILES string of the molecule is CCC(F)C(F)(F)OS(=O)(=O)c1ccc([N+](=O)[O-])cc1. The molecule has 0 N–H and O–H groups in total. The van der Waals surface area contributed by atoms with Crippen LogP contribution in [-0.4, -0.2) is 25.6 Å². The highest BCUT2D eigenvalue weighted by Crippen LogP contribution is 2.30. The molecule has 0 bridgehead atoms. The first-order valence-electron chi connectivity index (χ1n) is 5.32. The van der Waals surface area contributed by atoms with Crippen molar-refractivity contribution in [2.45, 2.75) is 30.5 Å². The fraction of sp³-hybridized carbons (Fsp3) is 0.400. The molecule has 6 nitrogen and oxygen atoms in total. The molecular formula is C10H10F3NO5S. The topological polar surface area (TPSA) is 86.5 Å². The zero-order valence-corrected chi connectivity index (χ0v) is 10.9. The average Bonchev–Trinajstić information content (AvgIpc) is 2.36. The van der Waals surface area contributed by atoms with Crippen molar-refractivity contribution >= 4 is 15.8 Å². The Balaban J connectivity index is 3.02. The first kappa shape index (κ1) is 16.4. The second kappa shape index (κ2) is 5.75. The molecular weight excluding hydrogens is 303 g/mol. The van der Waals surface area contributed by atoms with E-state index in [9.17, 15) is 31.7 Å². The van der Waals surface area contributed by atoms with Crippen LogP contribution >= 0.6 is 0 Å². The number of nitrogens with zero attached hydrogens (tertiary/aromatic N) is 1. The molecule has 20 heavy (non-hydrogen) atoms. The van der Waals surface area contributed by atoms with Crippen molar-refractivity contribution in [2.24, 2.45) is 0 Å². The van der Waals surface area contributed by atoms with Crippen LogP contribution in [-0.2, 0) is 14.3 Å². The van der Waals surface area contributed by atoms with E-state index in [0.717, 1.165) is 31.2 Å². The van der Waals surface area contributed by atoms with Gasteiger partial charge in [0.2, 0.25) is 0 Å². The van der Waals surface area contributed by atoms with Gasteiger partial charge in [-0.1, -0.05) is 6.92 Å². The van der Waals surface area contributed by atoms with Crippen molar-refractivity contribution in [1.82, 2.24) is 0 Å². The lowest BCUT2D eigenvalue weighted by Gasteiger charge is -2.19. The van der Waals surface area contributed by atoms with Gasteiger partial charge in [-0.25, -0.2) is 4.39 Å². The van der Waals surface area contributed by atoms with E-state index in [4.69, 9.17) is 0 Å². The third-order valence-corrected chi connectivity index (χ3v) is 3.57. The van der Waals surface area contributed by atoms with Gasteiger partial charge in [-0.15, -0.1) is 0 Å². The van der Waals surface area contributed by atoms with Crippen molar-refractivity contribution in [3.05, 3.63) is 34.4 Å². The highest BCUT2D eigenvalue weighted by molar-refractivity contribution is 7.86. The van der Waals surface area contributed by atoms with Gasteiger partial charge in [0.05, 0.1) is 9.82 Å². The summed E-state index contributed by atoms with van der Waals surface area (Å²) in [7, 11) is -4.93. The molecule has 1 aromatic rings. The van der Waals surface area contributed by atoms with E-state index in [0.29, 0.717) is 0 Å². The van der Waals surface area contributed by atoms with Crippen molar-refractivity contribution in [3.8, 4) is 0 Å². The van der Waals surface area contributed by atoms with Crippen LogP contribution in [0.5, 0.6) is 0 Å². The Kier molecular flexibility index (Phi) is 4.71. The van der Waals surface area contributed by atoms with Crippen molar-refractivity contribution in [2.75, 3.05) is 0 Å². The Morgan fingerprint density at radius 3 is 2.25 bits per heavy atom. The Morgan fingerprint density at radius 2 is 1.85 bits per heavy atom. The summed E-state index contributed by atoms with van der Waals surface area (Å²) in [6.07, 6.45) is -7.92. The summed E-state index contributed by atoms with van der Waals surface area (Å²) in [5, 5.41) is 10.4. The van der Waals surface area contributed by atoms with E-state index >= 15 is 0 Å². The van der Waals surface area contributed by atoms with Gasteiger partial charge in [-0.05, 0) is 18.6 Å². The molecule has 0 aliphatic carbocycles. The van der Waals surface area contributed by atoms with Crippen molar-refractivity contribution in [3.63, 3.8) is 0 Å². The molecule has 0 amide bonds. The zero-order valence-electron chi connectivity index (χ0n) is 10.1. The molecule has 0 spiro atoms. The largest absolute Gasteiger partial charge is 0.400 e. The standard InChI is InChI=1S/C10H10F3NO5S/c1-2-9(11)10(12,13)19-20(17,18)8-5-3-7(4-6-8)14(15)16/h3-6,9H,2H2,1H3. The van der Waals surface area contributed by atoms with Gasteiger partial charge in [-0.3, -0.25) is 10.1 Å². The number of hydrogen-bond acceptors (Lipinski definition) is 5. The predicted octanol–water partition coefficient (Wildman–Crippen LogP) is 2.64. The van der Waals surface area contributed by atoms with Gasteiger partial charge in [-0.2, -0.15) is 21.4 Å². The van der Waals surface area contributed by atoms with E-state index in [1.165, 1.54) is 0 Å². The number of nitro groups is 1. The molecule has 0 aliphatic rings. The molecule has 0 saturated carbocycles. The second-order valence-electron chi connectivity index (χ2n) is 3.73. The Hall–Kier alpha value is -1.68. The van der Waals surface area contributed by atoms with Gasteiger partial charge in [0.25, 0.3) is 5.69 Å². The molecule has 10 heteroatoms. The van der Waals surface area contributed by atoms with Crippen LogP contribution < -0.4 is 0 Å². The molecule has 0 aliphatic heterocycles. The summed E-state index contributed by atoms with van der Waals surface area (Å²) in [4.78, 5) is 8.85. The van der Waals surface area contributed by atoms with E-state index in [1.54, 1.807) is 0 Å². The number of hydrogen-bond donors (Lipinski definition) is 0. The first-order chi connectivity index (χ1) is 9.10. The van der Waals surface area contributed by atoms with Gasteiger partial charge in [0, 0.05) is 12.1 Å². The fourth-order valence-corrected chi connectivity index (χ4v) is 2.18. The molecule has 1 unspecified atom stereocenters. The Bertz CT molecular complexity index is 587. The Labute approximate surface area is 112 Å². The first-order valence-corrected chi connectivity index (χ1v) is 6.73. The summed E-state index contributed by atoms with van der Waals surface area (Å²) < 4.78 is 65.7. The summed E-state index contributed by atoms with van der Waals surface area (Å²) in [5.41, 5.74) is -0.423. The number of alkyl halides is 3. The fourth-order valence-electron chi connectivity index (χ4n) is 1.22. The predicted molar refractivity (Wildman–Crippen MR) is 61.5 cm³/mol. The molecule has 0 aromatic heterocycles. The van der Waals surface area contributed by atoms with Crippen LogP contribution in [0, 0.1) is 10.1 Å². The smallest absolute Gasteiger partial charge is 0.258 e. The summed E-state index contributed by atoms with van der Waals surface area (Å²) in [6.45, 7) is 1.10. The molecule has 0 radical (unpaired) electrons. The highest BCUT2D eigenvalue weighted by Gasteiger charge is 2.45. The van der Waals surface area contributed by atoms with Crippen LogP contribution in [0.25, 0.3) is 0 Å². The summed E-state index contributed by atoms with van der Waals surface area (Å²) in [6, 6.07) is 3.06. The minimum absolute atomic E-state index is 0.423. The van der Waals surface area contributed by atoms with E-state index < -0.39 is 44.3 Å². The van der Waals surface area contributed by atoms with Gasteiger partial charge >= 0.3 is 16.2 Å². The van der Waals surface area contributed by atoms with E-state index in [1.807, 2.05) is 0 Å². The minimum Gasteiger partial charge on any atom is -0.258 e. The monoisotopic (exact) mass is 313 g/mol. The molecule has 0 fully saturated rings. The third-order valence-electron chi connectivity index (χ3n) is 2.28. The molecule has 0 heterocycles. The number of halogens is 3. The molecule has 1 atom stereocenters. The maximum absolute atomic E-state index is 13.1. The molecule has 112 valence electrons. The highest BCUT2D eigenvalue weighted by atomic mass is 32.2. The van der Waals surface area contributed by atoms with E-state index in [2.05, 4.69) is 4.18 Å². The van der Waals surface area contributed by atoms with Crippen LogP contribution in [0.4, 0.5) is 18.9 Å². The summed E-state index contributed by atoms with van der Waals surface area (Å²) in [5.74, 6) is 0. The second-order valence-corrected chi connectivity index (χ2v) is 5.27. The van der Waals surface area contributed by atoms with Crippen LogP contribution in [0.1, 0.15) is 13.3 Å². The summed E-state index contributed by atoms with van der Waals surface area (Å²) >= 11 is 0. The number of benzene rings is 1. The van der Waals surface area contributed by atoms with Crippen LogP contribution in [0.15, 0.2) is 29.2 Å². The van der Waals surface area contributed by atoms with Crippen molar-refractivity contribution in [1.29, 1.82) is 0 Å². The molecule has 0 saturated heterocycles.